The van der Waals surface area contributed by atoms with Crippen molar-refractivity contribution in [3.05, 3.63) is 29.3 Å². The van der Waals surface area contributed by atoms with Crippen LogP contribution in [0.2, 0.25) is 18.1 Å². The fourth-order valence-corrected chi connectivity index (χ4v) is 4.94. The Bertz CT molecular complexity index is 739. The van der Waals surface area contributed by atoms with Crippen molar-refractivity contribution < 1.29 is 18.8 Å². The molecule has 1 aliphatic carbocycles. The average molecular weight is 406 g/mol. The molecule has 1 aromatic rings. The molecule has 1 saturated carbocycles. The summed E-state index contributed by atoms with van der Waals surface area (Å²) in [6.45, 7) is 15.0. The van der Waals surface area contributed by atoms with Crippen molar-refractivity contribution in [1.82, 2.24) is 0 Å². The van der Waals surface area contributed by atoms with Crippen LogP contribution in [-0.4, -0.2) is 33.4 Å². The second kappa shape index (κ2) is 8.37. The van der Waals surface area contributed by atoms with E-state index in [1.165, 1.54) is 7.11 Å². The first-order valence-corrected chi connectivity index (χ1v) is 12.9. The van der Waals surface area contributed by atoms with Crippen LogP contribution in [0.4, 0.5) is 5.69 Å². The van der Waals surface area contributed by atoms with E-state index in [9.17, 15) is 9.59 Å². The third-order valence-corrected chi connectivity index (χ3v) is 10.8. The third-order valence-electron chi connectivity index (χ3n) is 6.27. The number of ether oxygens (including phenoxy) is 1. The summed E-state index contributed by atoms with van der Waals surface area (Å²) in [5, 5.41) is 3.09. The van der Waals surface area contributed by atoms with Crippen molar-refractivity contribution in [2.24, 2.45) is 11.8 Å². The molecule has 0 radical (unpaired) electrons. The molecule has 5 nitrogen and oxygen atoms in total. The zero-order chi connectivity index (χ0) is 21.3. The predicted octanol–water partition coefficient (Wildman–Crippen LogP) is 4.83. The van der Waals surface area contributed by atoms with E-state index >= 15 is 0 Å². The predicted molar refractivity (Wildman–Crippen MR) is 115 cm³/mol. The molecule has 0 unspecified atom stereocenters. The molecule has 28 heavy (non-hydrogen) atoms. The monoisotopic (exact) mass is 405 g/mol. The Balaban J connectivity index is 2.18. The quantitative estimate of drug-likeness (QED) is 0.563. The van der Waals surface area contributed by atoms with Crippen LogP contribution in [0, 0.1) is 25.7 Å². The van der Waals surface area contributed by atoms with Crippen molar-refractivity contribution in [3.8, 4) is 0 Å². The van der Waals surface area contributed by atoms with Crippen LogP contribution in [0.1, 0.15) is 44.7 Å². The van der Waals surface area contributed by atoms with E-state index < -0.39 is 20.2 Å². The molecule has 6 heteroatoms. The first kappa shape index (κ1) is 22.6. The van der Waals surface area contributed by atoms with Gasteiger partial charge in [0.1, 0.15) is 0 Å². The van der Waals surface area contributed by atoms with Crippen LogP contribution in [0.25, 0.3) is 0 Å². The largest absolute Gasteiger partial charge is 0.469 e. The molecule has 0 heterocycles. The molecule has 1 aromatic carbocycles. The van der Waals surface area contributed by atoms with E-state index in [2.05, 4.69) is 39.2 Å². The summed E-state index contributed by atoms with van der Waals surface area (Å²) in [7, 11) is -0.604. The van der Waals surface area contributed by atoms with Crippen LogP contribution in [0.5, 0.6) is 0 Å². The van der Waals surface area contributed by atoms with Crippen molar-refractivity contribution >= 4 is 25.9 Å². The van der Waals surface area contributed by atoms with Gasteiger partial charge in [0.25, 0.3) is 0 Å². The van der Waals surface area contributed by atoms with Gasteiger partial charge in [0.15, 0.2) is 8.32 Å². The second-order valence-electron chi connectivity index (χ2n) is 9.52. The van der Waals surface area contributed by atoms with Gasteiger partial charge in [-0.05, 0) is 56.5 Å². The topological polar surface area (TPSA) is 64.6 Å². The highest BCUT2D eigenvalue weighted by Gasteiger charge is 2.47. The number of benzene rings is 1. The van der Waals surface area contributed by atoms with Crippen molar-refractivity contribution in [1.29, 1.82) is 0 Å². The summed E-state index contributed by atoms with van der Waals surface area (Å²) in [6, 6.07) is 5.91. The van der Waals surface area contributed by atoms with Crippen LogP contribution in [-0.2, 0) is 18.8 Å². The lowest BCUT2D eigenvalue weighted by Gasteiger charge is -2.38. The Morgan fingerprint density at radius 2 is 1.71 bits per heavy atom. The maximum absolute atomic E-state index is 13.0. The average Bonchev–Trinajstić information content (AvgIpc) is 2.98. The zero-order valence-corrected chi connectivity index (χ0v) is 19.5. The SMILES string of the molecule is COC(=O)[C@H]1C[C@H](O[Si](C)(C)C(C)(C)C)C[C@@H]1C(=O)Nc1ccc(C)cc1C. The van der Waals surface area contributed by atoms with Gasteiger partial charge in [-0.3, -0.25) is 9.59 Å². The van der Waals surface area contributed by atoms with E-state index in [1.54, 1.807) is 0 Å². The molecule has 3 atom stereocenters. The van der Waals surface area contributed by atoms with Crippen molar-refractivity contribution in [2.75, 3.05) is 12.4 Å². The number of amides is 1. The molecule has 0 aromatic heterocycles. The first-order chi connectivity index (χ1) is 12.9. The number of hydrogen-bond acceptors (Lipinski definition) is 4. The van der Waals surface area contributed by atoms with Crippen LogP contribution < -0.4 is 5.32 Å². The molecule has 0 bridgehead atoms. The lowest BCUT2D eigenvalue weighted by Crippen LogP contribution is -2.43. The van der Waals surface area contributed by atoms with E-state index in [0.29, 0.717) is 12.8 Å². The van der Waals surface area contributed by atoms with E-state index in [4.69, 9.17) is 9.16 Å². The summed E-state index contributed by atoms with van der Waals surface area (Å²) in [4.78, 5) is 25.4. The number of aryl methyl sites for hydroxylation is 2. The number of carbonyl (C=O) groups excluding carboxylic acids is 2. The molecular formula is C22H35NO4Si. The maximum Gasteiger partial charge on any atom is 0.309 e. The Kier molecular flexibility index (Phi) is 6.76. The molecule has 2 rings (SSSR count). The van der Waals surface area contributed by atoms with E-state index in [1.807, 2.05) is 32.0 Å². The number of carbonyl (C=O) groups is 2. The number of esters is 1. The number of nitrogens with one attached hydrogen (secondary N) is 1. The molecule has 1 N–H and O–H groups in total. The van der Waals surface area contributed by atoms with E-state index in [0.717, 1.165) is 16.8 Å². The molecular weight excluding hydrogens is 370 g/mol. The van der Waals surface area contributed by atoms with Crippen LogP contribution in [0.15, 0.2) is 18.2 Å². The summed E-state index contributed by atoms with van der Waals surface area (Å²) in [5.74, 6) is -1.38. The fourth-order valence-electron chi connectivity index (χ4n) is 3.56. The molecule has 0 aliphatic heterocycles. The number of anilines is 1. The van der Waals surface area contributed by atoms with Gasteiger partial charge in [-0.1, -0.05) is 38.5 Å². The molecule has 1 amide bonds. The number of methoxy groups -OCH3 is 1. The fraction of sp³-hybridized carbons (Fsp3) is 0.636. The Labute approximate surface area is 170 Å². The van der Waals surface area contributed by atoms with Crippen LogP contribution >= 0.6 is 0 Å². The maximum atomic E-state index is 13.0. The standard InChI is InChI=1S/C22H35NO4Si/c1-14-9-10-19(15(2)11-14)23-20(24)17-12-16(13-18(17)21(25)26-6)27-28(7,8)22(3,4)5/h9-11,16-18H,12-13H2,1-8H3,(H,23,24)/t16-,17+,18+/m1/s1. The minimum atomic E-state index is -1.98. The number of rotatable bonds is 5. The summed E-state index contributed by atoms with van der Waals surface area (Å²) < 4.78 is 11.5. The van der Waals surface area contributed by atoms with Gasteiger partial charge < -0.3 is 14.5 Å². The molecule has 0 spiro atoms. The Morgan fingerprint density at radius 3 is 2.25 bits per heavy atom. The highest BCUT2D eigenvalue weighted by atomic mass is 28.4. The smallest absolute Gasteiger partial charge is 0.309 e. The lowest BCUT2D eigenvalue weighted by atomic mass is 9.95. The van der Waals surface area contributed by atoms with Crippen LogP contribution in [0.3, 0.4) is 0 Å². The lowest BCUT2D eigenvalue weighted by molar-refractivity contribution is -0.148. The van der Waals surface area contributed by atoms with Gasteiger partial charge in [-0.15, -0.1) is 0 Å². The highest BCUT2D eigenvalue weighted by molar-refractivity contribution is 6.74. The van der Waals surface area contributed by atoms with Gasteiger partial charge in [0.05, 0.1) is 18.9 Å². The van der Waals surface area contributed by atoms with Crippen molar-refractivity contribution in [2.45, 2.75) is 71.7 Å². The Morgan fingerprint density at radius 1 is 1.11 bits per heavy atom. The Hall–Kier alpha value is -1.66. The molecule has 1 fully saturated rings. The molecule has 156 valence electrons. The van der Waals surface area contributed by atoms with Gasteiger partial charge >= 0.3 is 5.97 Å². The summed E-state index contributed by atoms with van der Waals surface area (Å²) in [6.07, 6.45) is 0.979. The zero-order valence-electron chi connectivity index (χ0n) is 18.5. The highest BCUT2D eigenvalue weighted by Crippen LogP contribution is 2.42. The van der Waals surface area contributed by atoms with Gasteiger partial charge in [0.2, 0.25) is 5.91 Å². The van der Waals surface area contributed by atoms with Gasteiger partial charge in [0, 0.05) is 11.8 Å². The molecule has 1 aliphatic rings. The first-order valence-electron chi connectivity index (χ1n) is 9.99. The minimum absolute atomic E-state index is 0.0765. The van der Waals surface area contributed by atoms with Gasteiger partial charge in [-0.25, -0.2) is 0 Å². The minimum Gasteiger partial charge on any atom is -0.469 e. The summed E-state index contributed by atoms with van der Waals surface area (Å²) in [5.41, 5.74) is 2.94. The van der Waals surface area contributed by atoms with Gasteiger partial charge in [-0.2, -0.15) is 0 Å². The van der Waals surface area contributed by atoms with Crippen molar-refractivity contribution in [3.63, 3.8) is 0 Å². The van der Waals surface area contributed by atoms with E-state index in [-0.39, 0.29) is 23.0 Å². The number of hydrogen-bond donors (Lipinski definition) is 1. The third kappa shape index (κ3) is 5.03. The molecule has 0 saturated heterocycles. The normalized spacial score (nSPS) is 22.8. The summed E-state index contributed by atoms with van der Waals surface area (Å²) >= 11 is 0. The second-order valence-corrected chi connectivity index (χ2v) is 14.3.